The fraction of sp³-hybridized carbons (Fsp3) is 0.682. The molecule has 1 unspecified atom stereocenters. The number of piperazine rings is 1. The molecular formula is C22H33N3O. The van der Waals surface area contributed by atoms with Crippen LogP contribution in [0.25, 0.3) is 0 Å². The second-order valence-electron chi connectivity index (χ2n) is 8.40. The molecular weight excluding hydrogens is 322 g/mol. The van der Waals surface area contributed by atoms with Gasteiger partial charge in [0.25, 0.3) is 0 Å². The third-order valence-corrected chi connectivity index (χ3v) is 6.48. The first-order valence-corrected chi connectivity index (χ1v) is 10.6. The lowest BCUT2D eigenvalue weighted by Crippen LogP contribution is -2.44. The SMILES string of the molecule is CC1Cc2cc(CCN3CCNCC3)ccc2N1C(=O)C1CCCCC1. The average Bonchev–Trinajstić information content (AvgIpc) is 3.02. The van der Waals surface area contributed by atoms with Crippen LogP contribution in [0.1, 0.15) is 50.2 Å². The maximum Gasteiger partial charge on any atom is 0.230 e. The van der Waals surface area contributed by atoms with Crippen molar-refractivity contribution < 1.29 is 4.79 Å². The molecule has 4 heteroatoms. The molecule has 4 rings (SSSR count). The van der Waals surface area contributed by atoms with Crippen LogP contribution >= 0.6 is 0 Å². The Balaban J connectivity index is 1.43. The van der Waals surface area contributed by atoms with Crippen LogP contribution in [0.15, 0.2) is 18.2 Å². The first-order valence-electron chi connectivity index (χ1n) is 10.6. The van der Waals surface area contributed by atoms with Crippen molar-refractivity contribution in [3.8, 4) is 0 Å². The Morgan fingerprint density at radius 3 is 2.69 bits per heavy atom. The van der Waals surface area contributed by atoms with Gasteiger partial charge in [0.05, 0.1) is 0 Å². The highest BCUT2D eigenvalue weighted by Crippen LogP contribution is 2.36. The molecule has 1 aliphatic carbocycles. The molecule has 2 fully saturated rings. The van der Waals surface area contributed by atoms with Crippen molar-refractivity contribution in [3.63, 3.8) is 0 Å². The van der Waals surface area contributed by atoms with Gasteiger partial charge in [-0.05, 0) is 49.8 Å². The molecule has 142 valence electrons. The Morgan fingerprint density at radius 2 is 1.92 bits per heavy atom. The van der Waals surface area contributed by atoms with Crippen LogP contribution in [-0.4, -0.2) is 49.6 Å². The van der Waals surface area contributed by atoms with E-state index in [0.717, 1.165) is 58.4 Å². The van der Waals surface area contributed by atoms with Crippen LogP contribution in [0, 0.1) is 5.92 Å². The highest BCUT2D eigenvalue weighted by Gasteiger charge is 2.35. The first-order chi connectivity index (χ1) is 12.7. The molecule has 1 amide bonds. The Morgan fingerprint density at radius 1 is 1.15 bits per heavy atom. The summed E-state index contributed by atoms with van der Waals surface area (Å²) in [4.78, 5) is 17.8. The molecule has 2 aliphatic heterocycles. The van der Waals surface area contributed by atoms with E-state index in [1.807, 2.05) is 0 Å². The number of nitrogens with zero attached hydrogens (tertiary/aromatic N) is 2. The van der Waals surface area contributed by atoms with Crippen LogP contribution in [0.4, 0.5) is 5.69 Å². The predicted molar refractivity (Wildman–Crippen MR) is 107 cm³/mol. The summed E-state index contributed by atoms with van der Waals surface area (Å²) in [6.45, 7) is 7.89. The maximum atomic E-state index is 13.1. The Kier molecular flexibility index (Phi) is 5.60. The van der Waals surface area contributed by atoms with Crippen LogP contribution in [0.3, 0.4) is 0 Å². The number of benzene rings is 1. The van der Waals surface area contributed by atoms with Gasteiger partial charge in [-0.2, -0.15) is 0 Å². The number of rotatable bonds is 4. The van der Waals surface area contributed by atoms with E-state index >= 15 is 0 Å². The smallest absolute Gasteiger partial charge is 0.230 e. The van der Waals surface area contributed by atoms with Gasteiger partial charge in [-0.25, -0.2) is 0 Å². The molecule has 1 atom stereocenters. The summed E-state index contributed by atoms with van der Waals surface area (Å²) in [5, 5.41) is 3.41. The molecule has 4 nitrogen and oxygen atoms in total. The number of carbonyl (C=O) groups excluding carboxylic acids is 1. The molecule has 2 heterocycles. The summed E-state index contributed by atoms with van der Waals surface area (Å²) in [5.41, 5.74) is 3.97. The van der Waals surface area contributed by atoms with E-state index in [4.69, 9.17) is 0 Å². The van der Waals surface area contributed by atoms with Crippen molar-refractivity contribution in [2.24, 2.45) is 5.92 Å². The third-order valence-electron chi connectivity index (χ3n) is 6.48. The molecule has 0 radical (unpaired) electrons. The lowest BCUT2D eigenvalue weighted by molar-refractivity contribution is -0.123. The van der Waals surface area contributed by atoms with Crippen LogP contribution in [0.2, 0.25) is 0 Å². The molecule has 1 aromatic rings. The molecule has 3 aliphatic rings. The van der Waals surface area contributed by atoms with Crippen molar-refractivity contribution in [3.05, 3.63) is 29.3 Å². The predicted octanol–water partition coefficient (Wildman–Crippen LogP) is 2.99. The highest BCUT2D eigenvalue weighted by atomic mass is 16.2. The Labute approximate surface area is 157 Å². The number of amides is 1. The van der Waals surface area contributed by atoms with Gasteiger partial charge in [-0.15, -0.1) is 0 Å². The molecule has 26 heavy (non-hydrogen) atoms. The van der Waals surface area contributed by atoms with E-state index < -0.39 is 0 Å². The van der Waals surface area contributed by atoms with E-state index in [0.29, 0.717) is 11.9 Å². The van der Waals surface area contributed by atoms with E-state index in [1.54, 1.807) is 0 Å². The maximum absolute atomic E-state index is 13.1. The number of carbonyl (C=O) groups is 1. The van der Waals surface area contributed by atoms with Gasteiger partial charge in [0.1, 0.15) is 0 Å². The van der Waals surface area contributed by atoms with E-state index in [-0.39, 0.29) is 5.92 Å². The van der Waals surface area contributed by atoms with E-state index in [9.17, 15) is 4.79 Å². The summed E-state index contributed by atoms with van der Waals surface area (Å²) in [5.74, 6) is 0.633. The summed E-state index contributed by atoms with van der Waals surface area (Å²) in [6, 6.07) is 7.14. The van der Waals surface area contributed by atoms with Crippen LogP contribution < -0.4 is 10.2 Å². The molecule has 1 aromatic carbocycles. The molecule has 0 aromatic heterocycles. The summed E-state index contributed by atoms with van der Waals surface area (Å²) in [6.07, 6.45) is 8.02. The summed E-state index contributed by atoms with van der Waals surface area (Å²) >= 11 is 0. The Bertz CT molecular complexity index is 632. The number of anilines is 1. The van der Waals surface area contributed by atoms with Crippen molar-refractivity contribution in [2.45, 2.75) is 57.9 Å². The lowest BCUT2D eigenvalue weighted by atomic mass is 9.88. The second kappa shape index (κ2) is 8.10. The van der Waals surface area contributed by atoms with Crippen molar-refractivity contribution in [1.82, 2.24) is 10.2 Å². The van der Waals surface area contributed by atoms with Crippen LogP contribution in [0.5, 0.6) is 0 Å². The van der Waals surface area contributed by atoms with Gasteiger partial charge in [-0.1, -0.05) is 31.4 Å². The fourth-order valence-electron chi connectivity index (χ4n) is 4.94. The minimum Gasteiger partial charge on any atom is -0.314 e. The second-order valence-corrected chi connectivity index (χ2v) is 8.40. The first kappa shape index (κ1) is 18.0. The average molecular weight is 356 g/mol. The van der Waals surface area contributed by atoms with Crippen molar-refractivity contribution in [2.75, 3.05) is 37.6 Å². The number of hydrogen-bond acceptors (Lipinski definition) is 3. The number of nitrogens with one attached hydrogen (secondary N) is 1. The largest absolute Gasteiger partial charge is 0.314 e. The summed E-state index contributed by atoms with van der Waals surface area (Å²) < 4.78 is 0. The van der Waals surface area contributed by atoms with Gasteiger partial charge in [-0.3, -0.25) is 4.79 Å². The van der Waals surface area contributed by atoms with E-state index in [1.165, 1.54) is 36.1 Å². The molecule has 0 bridgehead atoms. The number of fused-ring (bicyclic) bond motifs is 1. The van der Waals surface area contributed by atoms with Crippen molar-refractivity contribution in [1.29, 1.82) is 0 Å². The number of hydrogen-bond donors (Lipinski definition) is 1. The minimum atomic E-state index is 0.254. The zero-order valence-electron chi connectivity index (χ0n) is 16.2. The standard InChI is InChI=1S/C22H33N3O/c1-17-15-20-16-18(9-12-24-13-10-23-11-14-24)7-8-21(20)25(17)22(26)19-5-3-2-4-6-19/h7-8,16-17,19,23H,2-6,9-15H2,1H3. The van der Waals surface area contributed by atoms with Crippen LogP contribution in [-0.2, 0) is 17.6 Å². The van der Waals surface area contributed by atoms with Gasteiger partial charge in [0.15, 0.2) is 0 Å². The molecule has 1 N–H and O–H groups in total. The zero-order chi connectivity index (χ0) is 17.9. The topological polar surface area (TPSA) is 35.6 Å². The quantitative estimate of drug-likeness (QED) is 0.902. The highest BCUT2D eigenvalue weighted by molar-refractivity contribution is 5.97. The summed E-state index contributed by atoms with van der Waals surface area (Å²) in [7, 11) is 0. The molecule has 1 saturated heterocycles. The minimum absolute atomic E-state index is 0.254. The van der Waals surface area contributed by atoms with Crippen molar-refractivity contribution >= 4 is 11.6 Å². The van der Waals surface area contributed by atoms with Gasteiger partial charge in [0.2, 0.25) is 5.91 Å². The van der Waals surface area contributed by atoms with E-state index in [2.05, 4.69) is 40.2 Å². The lowest BCUT2D eigenvalue weighted by Gasteiger charge is -2.29. The normalized spacial score (nSPS) is 24.7. The zero-order valence-corrected chi connectivity index (χ0v) is 16.2. The molecule has 1 saturated carbocycles. The Hall–Kier alpha value is -1.39. The monoisotopic (exact) mass is 355 g/mol. The van der Waals surface area contributed by atoms with Gasteiger partial charge >= 0.3 is 0 Å². The van der Waals surface area contributed by atoms with Gasteiger partial charge in [0, 0.05) is 50.4 Å². The van der Waals surface area contributed by atoms with Gasteiger partial charge < -0.3 is 15.1 Å². The fourth-order valence-corrected chi connectivity index (χ4v) is 4.94. The third kappa shape index (κ3) is 3.81. The molecule has 0 spiro atoms.